The van der Waals surface area contributed by atoms with E-state index in [-0.39, 0.29) is 5.24 Å². The Hall–Kier alpha value is -0.243. The third-order valence-corrected chi connectivity index (χ3v) is 8.23. The molecule has 0 N–H and O–H groups in total. The van der Waals surface area contributed by atoms with Gasteiger partial charge in [-0.2, -0.15) is 0 Å². The van der Waals surface area contributed by atoms with Crippen molar-refractivity contribution in [3.05, 3.63) is 0 Å². The number of nitrogens with zero attached hydrogens (tertiary/aromatic N) is 1. The number of methoxy groups -OCH3 is 2. The minimum absolute atomic E-state index is 0.0159. The fraction of sp³-hybridized carbons (Fsp3) is 0.950. The molecule has 0 fully saturated rings. The van der Waals surface area contributed by atoms with Crippen LogP contribution in [-0.4, -0.2) is 111 Å². The normalized spacial score (nSPS) is 11.8. The monoisotopic (exact) mass is 485 g/mol. The number of carbonyl (C=O) groups excluding carboxylic acids is 1. The van der Waals surface area contributed by atoms with Crippen molar-refractivity contribution in [1.82, 2.24) is 4.90 Å². The summed E-state index contributed by atoms with van der Waals surface area (Å²) in [6.45, 7) is 11.5. The van der Waals surface area contributed by atoms with Gasteiger partial charge in [-0.3, -0.25) is 4.79 Å². The van der Waals surface area contributed by atoms with E-state index in [1.165, 1.54) is 11.8 Å². The summed E-state index contributed by atoms with van der Waals surface area (Å²) in [6.07, 6.45) is 0.783. The van der Waals surface area contributed by atoms with Crippen molar-refractivity contribution in [2.45, 2.75) is 33.2 Å². The van der Waals surface area contributed by atoms with E-state index in [9.17, 15) is 4.79 Å². The second-order valence-corrected chi connectivity index (χ2v) is 10.2. The van der Waals surface area contributed by atoms with Gasteiger partial charge in [0.1, 0.15) is 0 Å². The summed E-state index contributed by atoms with van der Waals surface area (Å²) >= 11 is 1.30. The molecule has 9 nitrogen and oxygen atoms in total. The van der Waals surface area contributed by atoms with Gasteiger partial charge in [0.25, 0.3) is 5.24 Å². The van der Waals surface area contributed by atoms with Gasteiger partial charge in [-0.05, 0) is 27.2 Å². The molecule has 0 aliphatic rings. The molecule has 0 saturated heterocycles. The zero-order chi connectivity index (χ0) is 23.2. The number of hydrogen-bond donors (Lipinski definition) is 0. The molecular weight excluding hydrogens is 442 g/mol. The number of hydrogen-bond acceptors (Lipinski definition) is 9. The molecule has 1 amide bonds. The van der Waals surface area contributed by atoms with Gasteiger partial charge in [-0.1, -0.05) is 11.8 Å². The molecule has 0 spiro atoms. The van der Waals surface area contributed by atoms with Gasteiger partial charge >= 0.3 is 8.80 Å². The van der Waals surface area contributed by atoms with Gasteiger partial charge < -0.3 is 37.1 Å². The van der Waals surface area contributed by atoms with Crippen LogP contribution in [0.5, 0.6) is 0 Å². The van der Waals surface area contributed by atoms with E-state index in [2.05, 4.69) is 0 Å². The fourth-order valence-electron chi connectivity index (χ4n) is 2.67. The minimum Gasteiger partial charge on any atom is -0.382 e. The average Bonchev–Trinajstić information content (AvgIpc) is 2.75. The Morgan fingerprint density at radius 1 is 0.774 bits per heavy atom. The molecule has 0 unspecified atom stereocenters. The van der Waals surface area contributed by atoms with Crippen molar-refractivity contribution >= 4 is 25.8 Å². The molecule has 0 radical (unpaired) electrons. The van der Waals surface area contributed by atoms with Crippen LogP contribution in [0.2, 0.25) is 6.04 Å². The summed E-state index contributed by atoms with van der Waals surface area (Å²) in [5.41, 5.74) is 0. The topological polar surface area (TPSA) is 84.9 Å². The highest BCUT2D eigenvalue weighted by Crippen LogP contribution is 2.21. The lowest BCUT2D eigenvalue weighted by Crippen LogP contribution is -2.46. The highest BCUT2D eigenvalue weighted by molar-refractivity contribution is 8.13. The lowest BCUT2D eigenvalue weighted by molar-refractivity contribution is 0.0475. The SMILES string of the molecule is CCO[Si](CCCSC(=O)N(CCOCCOC)CCOCCOC)(OCC)OCC. The quantitative estimate of drug-likeness (QED) is 0.170. The maximum atomic E-state index is 12.7. The third kappa shape index (κ3) is 16.1. The molecule has 0 aromatic rings. The van der Waals surface area contributed by atoms with Crippen LogP contribution in [0.3, 0.4) is 0 Å². The standard InChI is InChI=1S/C20H43NO8SSi/c1-6-27-31(28-7-2,29-8-3)19-9-18-30-20(22)21(10-12-25-16-14-23-4)11-13-26-17-15-24-5/h6-19H2,1-5H3. The summed E-state index contributed by atoms with van der Waals surface area (Å²) in [5.74, 6) is 0.673. The van der Waals surface area contributed by atoms with Gasteiger partial charge in [0.2, 0.25) is 0 Å². The second kappa shape index (κ2) is 21.6. The first kappa shape index (κ1) is 30.8. The number of ether oxygens (including phenoxy) is 4. The first-order valence-electron chi connectivity index (χ1n) is 11.1. The highest BCUT2D eigenvalue weighted by Gasteiger charge is 2.39. The molecular formula is C20H43NO8SSi. The van der Waals surface area contributed by atoms with E-state index in [1.54, 1.807) is 19.1 Å². The van der Waals surface area contributed by atoms with E-state index in [1.807, 2.05) is 20.8 Å². The van der Waals surface area contributed by atoms with Gasteiger partial charge in [-0.15, -0.1) is 0 Å². The Morgan fingerprint density at radius 2 is 1.26 bits per heavy atom. The van der Waals surface area contributed by atoms with E-state index < -0.39 is 8.80 Å². The molecule has 186 valence electrons. The Balaban J connectivity index is 4.51. The highest BCUT2D eigenvalue weighted by atomic mass is 32.2. The van der Waals surface area contributed by atoms with Gasteiger partial charge in [0.05, 0.1) is 39.6 Å². The van der Waals surface area contributed by atoms with Crippen LogP contribution >= 0.6 is 11.8 Å². The predicted molar refractivity (Wildman–Crippen MR) is 125 cm³/mol. The fourth-order valence-corrected chi connectivity index (χ4v) is 6.37. The molecule has 0 saturated carbocycles. The van der Waals surface area contributed by atoms with Gasteiger partial charge in [0, 0.05) is 58.9 Å². The number of amides is 1. The first-order chi connectivity index (χ1) is 15.1. The molecule has 0 aliphatic heterocycles. The zero-order valence-electron chi connectivity index (χ0n) is 20.0. The number of rotatable bonds is 22. The van der Waals surface area contributed by atoms with Crippen molar-refractivity contribution in [3.8, 4) is 0 Å². The lowest BCUT2D eigenvalue weighted by atomic mass is 10.5. The van der Waals surface area contributed by atoms with Crippen LogP contribution in [0.4, 0.5) is 4.79 Å². The summed E-state index contributed by atoms with van der Waals surface area (Å²) in [6, 6.07) is 0.697. The summed E-state index contributed by atoms with van der Waals surface area (Å²) in [4.78, 5) is 14.5. The Kier molecular flexibility index (Phi) is 21.4. The van der Waals surface area contributed by atoms with Crippen LogP contribution in [0.15, 0.2) is 0 Å². The molecule has 0 aromatic carbocycles. The molecule has 0 aromatic heterocycles. The lowest BCUT2D eigenvalue weighted by Gasteiger charge is -2.28. The van der Waals surface area contributed by atoms with Crippen molar-refractivity contribution in [2.24, 2.45) is 0 Å². The second-order valence-electron chi connectivity index (χ2n) is 6.40. The number of thioether (sulfide) groups is 1. The van der Waals surface area contributed by atoms with Crippen molar-refractivity contribution in [2.75, 3.05) is 92.5 Å². The van der Waals surface area contributed by atoms with Crippen LogP contribution in [0, 0.1) is 0 Å². The van der Waals surface area contributed by atoms with Crippen LogP contribution < -0.4 is 0 Å². The Labute approximate surface area is 193 Å². The Morgan fingerprint density at radius 3 is 1.68 bits per heavy atom. The van der Waals surface area contributed by atoms with E-state index >= 15 is 0 Å². The van der Waals surface area contributed by atoms with E-state index in [0.717, 1.165) is 6.42 Å². The molecule has 0 aliphatic carbocycles. The number of carbonyl (C=O) groups is 1. The van der Waals surface area contributed by atoms with Crippen LogP contribution in [-0.2, 0) is 32.2 Å². The smallest absolute Gasteiger partial charge is 0.382 e. The summed E-state index contributed by atoms with van der Waals surface area (Å²) in [7, 11) is 0.600. The van der Waals surface area contributed by atoms with Crippen LogP contribution in [0.1, 0.15) is 27.2 Å². The predicted octanol–water partition coefficient (Wildman–Crippen LogP) is 2.91. The van der Waals surface area contributed by atoms with Gasteiger partial charge in [-0.25, -0.2) is 0 Å². The van der Waals surface area contributed by atoms with Gasteiger partial charge in [0.15, 0.2) is 0 Å². The molecule has 11 heteroatoms. The molecule has 0 bridgehead atoms. The average molecular weight is 486 g/mol. The first-order valence-corrected chi connectivity index (χ1v) is 14.0. The van der Waals surface area contributed by atoms with E-state index in [4.69, 9.17) is 32.2 Å². The van der Waals surface area contributed by atoms with Crippen molar-refractivity contribution in [1.29, 1.82) is 0 Å². The van der Waals surface area contributed by atoms with Crippen molar-refractivity contribution < 1.29 is 37.0 Å². The largest absolute Gasteiger partial charge is 0.500 e. The third-order valence-electron chi connectivity index (χ3n) is 4.08. The maximum absolute atomic E-state index is 12.7. The molecule has 0 heterocycles. The van der Waals surface area contributed by atoms with Crippen molar-refractivity contribution in [3.63, 3.8) is 0 Å². The maximum Gasteiger partial charge on any atom is 0.500 e. The molecule has 0 atom stereocenters. The minimum atomic E-state index is -2.66. The van der Waals surface area contributed by atoms with Crippen LogP contribution in [0.25, 0.3) is 0 Å². The molecule has 31 heavy (non-hydrogen) atoms. The summed E-state index contributed by atoms with van der Waals surface area (Å²) < 4.78 is 38.6. The molecule has 0 rings (SSSR count). The Bertz CT molecular complexity index is 392. The summed E-state index contributed by atoms with van der Waals surface area (Å²) in [5, 5.41) is 0.0159. The van der Waals surface area contributed by atoms with E-state index in [0.29, 0.717) is 84.3 Å². The zero-order valence-corrected chi connectivity index (χ0v) is 21.8.